The Morgan fingerprint density at radius 3 is 2.45 bits per heavy atom. The molecule has 0 unspecified atom stereocenters. The molecule has 1 heterocycles. The summed E-state index contributed by atoms with van der Waals surface area (Å²) >= 11 is 12.1. The SMILES string of the molecule is O=C(CN(CCc1ccccc1)S(=O)(=O)c1cc(Cl)ccc1Cl)N1CCOCC1. The van der Waals surface area contributed by atoms with E-state index in [2.05, 4.69) is 0 Å². The number of ether oxygens (including phenoxy) is 1. The molecular weight excluding hydrogens is 435 g/mol. The fourth-order valence-electron chi connectivity index (χ4n) is 3.06. The molecule has 0 aliphatic carbocycles. The van der Waals surface area contributed by atoms with Crippen molar-refractivity contribution in [2.75, 3.05) is 39.4 Å². The van der Waals surface area contributed by atoms with Crippen LogP contribution < -0.4 is 0 Å². The van der Waals surface area contributed by atoms with E-state index in [-0.39, 0.29) is 33.9 Å². The van der Waals surface area contributed by atoms with Gasteiger partial charge in [-0.05, 0) is 30.2 Å². The van der Waals surface area contributed by atoms with Gasteiger partial charge in [-0.15, -0.1) is 0 Å². The predicted molar refractivity (Wildman–Crippen MR) is 113 cm³/mol. The van der Waals surface area contributed by atoms with Gasteiger partial charge in [0.05, 0.1) is 24.8 Å². The zero-order chi connectivity index (χ0) is 20.9. The first-order valence-corrected chi connectivity index (χ1v) is 11.4. The highest BCUT2D eigenvalue weighted by Gasteiger charge is 2.30. The molecule has 0 aromatic heterocycles. The molecule has 2 aromatic rings. The fraction of sp³-hybridized carbons (Fsp3) is 0.350. The maximum atomic E-state index is 13.3. The average molecular weight is 457 g/mol. The minimum atomic E-state index is -4.02. The molecule has 0 N–H and O–H groups in total. The highest BCUT2D eigenvalue weighted by Crippen LogP contribution is 2.28. The summed E-state index contributed by atoms with van der Waals surface area (Å²) in [6.45, 7) is 1.67. The second kappa shape index (κ2) is 9.91. The van der Waals surface area contributed by atoms with Crippen LogP contribution in [0.15, 0.2) is 53.4 Å². The highest BCUT2D eigenvalue weighted by atomic mass is 35.5. The summed E-state index contributed by atoms with van der Waals surface area (Å²) in [5.74, 6) is -0.261. The van der Waals surface area contributed by atoms with Crippen LogP contribution in [-0.4, -0.2) is 62.9 Å². The molecule has 1 fully saturated rings. The Morgan fingerprint density at radius 1 is 1.07 bits per heavy atom. The van der Waals surface area contributed by atoms with E-state index >= 15 is 0 Å². The van der Waals surface area contributed by atoms with Crippen molar-refractivity contribution < 1.29 is 17.9 Å². The summed E-state index contributed by atoms with van der Waals surface area (Å²) in [5, 5.41) is 0.327. The molecular formula is C20H22Cl2N2O4S. The number of rotatable bonds is 7. The molecule has 3 rings (SSSR count). The van der Waals surface area contributed by atoms with Crippen LogP contribution in [0.1, 0.15) is 5.56 Å². The summed E-state index contributed by atoms with van der Waals surface area (Å²) in [6.07, 6.45) is 0.467. The molecule has 0 saturated carbocycles. The van der Waals surface area contributed by atoms with E-state index in [0.717, 1.165) is 5.56 Å². The second-order valence-electron chi connectivity index (χ2n) is 6.64. The van der Waals surface area contributed by atoms with Crippen LogP contribution in [0.5, 0.6) is 0 Å². The Morgan fingerprint density at radius 2 is 1.76 bits per heavy atom. The number of amides is 1. The maximum absolute atomic E-state index is 13.3. The number of morpholine rings is 1. The fourth-order valence-corrected chi connectivity index (χ4v) is 5.19. The van der Waals surface area contributed by atoms with Crippen molar-refractivity contribution in [3.8, 4) is 0 Å². The molecule has 156 valence electrons. The van der Waals surface area contributed by atoms with Crippen molar-refractivity contribution in [1.82, 2.24) is 9.21 Å². The molecule has 9 heteroatoms. The third-order valence-electron chi connectivity index (χ3n) is 4.68. The number of benzene rings is 2. The number of halogens is 2. The normalized spacial score (nSPS) is 14.9. The van der Waals surface area contributed by atoms with E-state index < -0.39 is 10.0 Å². The van der Waals surface area contributed by atoms with Gasteiger partial charge in [0.1, 0.15) is 4.90 Å². The lowest BCUT2D eigenvalue weighted by Gasteiger charge is -2.30. The lowest BCUT2D eigenvalue weighted by molar-refractivity contribution is -0.135. The quantitative estimate of drug-likeness (QED) is 0.641. The summed E-state index contributed by atoms with van der Waals surface area (Å²) in [7, 11) is -4.02. The van der Waals surface area contributed by atoms with Gasteiger partial charge in [-0.1, -0.05) is 53.5 Å². The first-order chi connectivity index (χ1) is 13.9. The van der Waals surface area contributed by atoms with Crippen LogP contribution in [-0.2, 0) is 26.0 Å². The molecule has 6 nitrogen and oxygen atoms in total. The predicted octanol–water partition coefficient (Wildman–Crippen LogP) is 3.09. The summed E-state index contributed by atoms with van der Waals surface area (Å²) < 4.78 is 33.1. The number of sulfonamides is 1. The van der Waals surface area contributed by atoms with Crippen molar-refractivity contribution in [3.63, 3.8) is 0 Å². The minimum Gasteiger partial charge on any atom is -0.378 e. The van der Waals surface area contributed by atoms with Gasteiger partial charge >= 0.3 is 0 Å². The maximum Gasteiger partial charge on any atom is 0.245 e. The summed E-state index contributed by atoms with van der Waals surface area (Å²) in [5.41, 5.74) is 0.976. The highest BCUT2D eigenvalue weighted by molar-refractivity contribution is 7.89. The molecule has 29 heavy (non-hydrogen) atoms. The Hall–Kier alpha value is -1.64. The lowest BCUT2D eigenvalue weighted by atomic mass is 10.1. The van der Waals surface area contributed by atoms with Gasteiger partial charge in [-0.3, -0.25) is 4.79 Å². The first kappa shape index (κ1) is 22.1. The Bertz CT molecular complexity index is 948. The molecule has 1 aliphatic heterocycles. The Labute approximate surface area is 181 Å². The topological polar surface area (TPSA) is 66.9 Å². The largest absolute Gasteiger partial charge is 0.378 e. The van der Waals surface area contributed by atoms with Gasteiger partial charge in [0.15, 0.2) is 0 Å². The summed E-state index contributed by atoms with van der Waals surface area (Å²) in [6, 6.07) is 13.8. The van der Waals surface area contributed by atoms with Crippen molar-refractivity contribution in [2.45, 2.75) is 11.3 Å². The van der Waals surface area contributed by atoms with Crippen LogP contribution in [0.25, 0.3) is 0 Å². The van der Waals surface area contributed by atoms with Crippen molar-refractivity contribution in [2.24, 2.45) is 0 Å². The van der Waals surface area contributed by atoms with E-state index in [1.54, 1.807) is 4.90 Å². The van der Waals surface area contributed by atoms with E-state index in [4.69, 9.17) is 27.9 Å². The van der Waals surface area contributed by atoms with Gasteiger partial charge in [-0.2, -0.15) is 4.31 Å². The van der Waals surface area contributed by atoms with E-state index in [9.17, 15) is 13.2 Å². The Balaban J connectivity index is 1.86. The van der Waals surface area contributed by atoms with Crippen LogP contribution >= 0.6 is 23.2 Å². The number of nitrogens with zero attached hydrogens (tertiary/aromatic N) is 2. The van der Waals surface area contributed by atoms with Gasteiger partial charge in [0.25, 0.3) is 0 Å². The van der Waals surface area contributed by atoms with Crippen molar-refractivity contribution in [3.05, 3.63) is 64.1 Å². The zero-order valence-corrected chi connectivity index (χ0v) is 18.1. The molecule has 0 spiro atoms. The van der Waals surface area contributed by atoms with E-state index in [1.807, 2.05) is 30.3 Å². The molecule has 1 aliphatic rings. The molecule has 1 saturated heterocycles. The third-order valence-corrected chi connectivity index (χ3v) is 7.24. The molecule has 0 atom stereocenters. The van der Waals surface area contributed by atoms with Crippen LogP contribution in [0, 0.1) is 0 Å². The number of carbonyl (C=O) groups excluding carboxylic acids is 1. The molecule has 1 amide bonds. The van der Waals surface area contributed by atoms with Crippen LogP contribution in [0.4, 0.5) is 0 Å². The van der Waals surface area contributed by atoms with Gasteiger partial charge in [0.2, 0.25) is 15.9 Å². The Kier molecular flexibility index (Phi) is 7.54. The van der Waals surface area contributed by atoms with Gasteiger partial charge in [-0.25, -0.2) is 8.42 Å². The van der Waals surface area contributed by atoms with Crippen molar-refractivity contribution in [1.29, 1.82) is 0 Å². The number of carbonyl (C=O) groups is 1. The average Bonchev–Trinajstić information content (AvgIpc) is 2.73. The van der Waals surface area contributed by atoms with Gasteiger partial charge in [0, 0.05) is 24.7 Å². The smallest absolute Gasteiger partial charge is 0.245 e. The van der Waals surface area contributed by atoms with E-state index in [0.29, 0.717) is 32.7 Å². The summed E-state index contributed by atoms with van der Waals surface area (Å²) in [4.78, 5) is 14.3. The van der Waals surface area contributed by atoms with Gasteiger partial charge < -0.3 is 9.64 Å². The number of hydrogen-bond donors (Lipinski definition) is 0. The minimum absolute atomic E-state index is 0.0675. The van der Waals surface area contributed by atoms with Crippen molar-refractivity contribution >= 4 is 39.1 Å². The monoisotopic (exact) mass is 456 g/mol. The van der Waals surface area contributed by atoms with Crippen LogP contribution in [0.2, 0.25) is 10.0 Å². The standard InChI is InChI=1S/C20H22Cl2N2O4S/c21-17-6-7-18(22)19(14-17)29(26,27)24(9-8-16-4-2-1-3-5-16)15-20(25)23-10-12-28-13-11-23/h1-7,14H,8-13,15H2. The molecule has 0 bridgehead atoms. The van der Waals surface area contributed by atoms with E-state index in [1.165, 1.54) is 22.5 Å². The second-order valence-corrected chi connectivity index (χ2v) is 9.39. The van der Waals surface area contributed by atoms with Crippen LogP contribution in [0.3, 0.4) is 0 Å². The number of hydrogen-bond acceptors (Lipinski definition) is 4. The third kappa shape index (κ3) is 5.71. The molecule has 0 radical (unpaired) electrons. The molecule has 2 aromatic carbocycles. The zero-order valence-electron chi connectivity index (χ0n) is 15.8. The lowest BCUT2D eigenvalue weighted by Crippen LogP contribution is -2.47. The first-order valence-electron chi connectivity index (χ1n) is 9.22.